The first kappa shape index (κ1) is 26.0. The van der Waals surface area contributed by atoms with Crippen LogP contribution in [-0.4, -0.2) is 49.2 Å². The van der Waals surface area contributed by atoms with Gasteiger partial charge in [0.1, 0.15) is 0 Å². The smallest absolute Gasteiger partial charge is 0.191 e. The minimum absolute atomic E-state index is 0. The molecule has 4 rings (SSSR count). The SMILES string of the molecule is CCNC(=NCC1CCOC1c1ccccc1)NC1CCN(Cc2ccccc2)C(C)C1.I. The predicted molar refractivity (Wildman–Crippen MR) is 147 cm³/mol. The fraction of sp³-hybridized carbons (Fsp3) is 0.519. The van der Waals surface area contributed by atoms with E-state index < -0.39 is 0 Å². The number of guanidine groups is 1. The molecule has 33 heavy (non-hydrogen) atoms. The molecule has 2 fully saturated rings. The summed E-state index contributed by atoms with van der Waals surface area (Å²) in [7, 11) is 0. The van der Waals surface area contributed by atoms with Gasteiger partial charge in [-0.05, 0) is 44.2 Å². The Bertz CT molecular complexity index is 848. The van der Waals surface area contributed by atoms with Crippen LogP contribution in [0, 0.1) is 5.92 Å². The van der Waals surface area contributed by atoms with E-state index in [2.05, 4.69) is 90.0 Å². The van der Waals surface area contributed by atoms with E-state index >= 15 is 0 Å². The molecule has 6 heteroatoms. The third kappa shape index (κ3) is 7.42. The Labute approximate surface area is 216 Å². The number of hydrogen-bond acceptors (Lipinski definition) is 3. The number of likely N-dealkylation sites (tertiary alicyclic amines) is 1. The van der Waals surface area contributed by atoms with E-state index in [-0.39, 0.29) is 30.1 Å². The summed E-state index contributed by atoms with van der Waals surface area (Å²) in [6.07, 6.45) is 3.50. The molecule has 0 bridgehead atoms. The molecule has 2 aromatic carbocycles. The first-order valence-electron chi connectivity index (χ1n) is 12.2. The van der Waals surface area contributed by atoms with Gasteiger partial charge in [-0.25, -0.2) is 0 Å². The Hall–Kier alpha value is -1.64. The van der Waals surface area contributed by atoms with E-state index in [1.807, 2.05) is 0 Å². The highest BCUT2D eigenvalue weighted by molar-refractivity contribution is 14.0. The molecule has 4 unspecified atom stereocenters. The van der Waals surface area contributed by atoms with Gasteiger partial charge in [0.25, 0.3) is 0 Å². The van der Waals surface area contributed by atoms with Gasteiger partial charge >= 0.3 is 0 Å². The maximum absolute atomic E-state index is 6.05. The van der Waals surface area contributed by atoms with Crippen molar-refractivity contribution in [1.29, 1.82) is 0 Å². The van der Waals surface area contributed by atoms with Crippen LogP contribution in [0.25, 0.3) is 0 Å². The molecule has 0 aromatic heterocycles. The Kier molecular flexibility index (Phi) is 10.5. The minimum atomic E-state index is 0. The highest BCUT2D eigenvalue weighted by atomic mass is 127. The summed E-state index contributed by atoms with van der Waals surface area (Å²) in [5.41, 5.74) is 2.66. The number of aliphatic imine (C=N–C) groups is 1. The van der Waals surface area contributed by atoms with Gasteiger partial charge in [0.05, 0.1) is 6.10 Å². The fourth-order valence-corrected chi connectivity index (χ4v) is 4.96. The molecule has 0 aliphatic carbocycles. The van der Waals surface area contributed by atoms with Crippen LogP contribution in [0.5, 0.6) is 0 Å². The number of nitrogens with one attached hydrogen (secondary N) is 2. The summed E-state index contributed by atoms with van der Waals surface area (Å²) in [4.78, 5) is 7.57. The van der Waals surface area contributed by atoms with Gasteiger partial charge in [-0.1, -0.05) is 60.7 Å². The quantitative estimate of drug-likeness (QED) is 0.284. The standard InChI is InChI=1S/C27H38N4O.HI/c1-3-28-27(29-19-24-15-17-32-26(24)23-12-8-5-9-13-23)30-25-14-16-31(21(2)18-25)20-22-10-6-4-7-11-22;/h4-13,21,24-26H,3,14-20H2,1-2H3,(H2,28,29,30);1H. The van der Waals surface area contributed by atoms with Crippen molar-refractivity contribution in [2.45, 2.75) is 57.8 Å². The van der Waals surface area contributed by atoms with E-state index in [4.69, 9.17) is 9.73 Å². The number of hydrogen-bond donors (Lipinski definition) is 2. The second-order valence-corrected chi connectivity index (χ2v) is 9.14. The molecule has 0 amide bonds. The molecule has 5 nitrogen and oxygen atoms in total. The topological polar surface area (TPSA) is 48.9 Å². The van der Waals surface area contributed by atoms with E-state index in [0.717, 1.165) is 58.0 Å². The van der Waals surface area contributed by atoms with Crippen molar-refractivity contribution in [3.8, 4) is 0 Å². The van der Waals surface area contributed by atoms with Crippen molar-refractivity contribution < 1.29 is 4.74 Å². The fourth-order valence-electron chi connectivity index (χ4n) is 4.96. The van der Waals surface area contributed by atoms with Gasteiger partial charge in [0.15, 0.2) is 5.96 Å². The maximum Gasteiger partial charge on any atom is 0.191 e. The molecule has 4 atom stereocenters. The number of halogens is 1. The molecule has 0 saturated carbocycles. The number of benzene rings is 2. The molecule has 0 radical (unpaired) electrons. The molecule has 2 saturated heterocycles. The Morgan fingerprint density at radius 3 is 2.48 bits per heavy atom. The van der Waals surface area contributed by atoms with Crippen LogP contribution in [0.3, 0.4) is 0 Å². The summed E-state index contributed by atoms with van der Waals surface area (Å²) in [5, 5.41) is 7.18. The lowest BCUT2D eigenvalue weighted by Crippen LogP contribution is -2.51. The third-order valence-corrected chi connectivity index (χ3v) is 6.75. The zero-order valence-corrected chi connectivity index (χ0v) is 22.3. The van der Waals surface area contributed by atoms with Crippen molar-refractivity contribution in [3.63, 3.8) is 0 Å². The van der Waals surface area contributed by atoms with E-state index in [1.165, 1.54) is 11.1 Å². The highest BCUT2D eigenvalue weighted by Gasteiger charge is 2.30. The van der Waals surface area contributed by atoms with Crippen LogP contribution in [0.1, 0.15) is 50.3 Å². The first-order chi connectivity index (χ1) is 15.7. The average Bonchev–Trinajstić information content (AvgIpc) is 3.29. The molecule has 2 aliphatic rings. The zero-order chi connectivity index (χ0) is 22.2. The van der Waals surface area contributed by atoms with E-state index in [9.17, 15) is 0 Å². The van der Waals surface area contributed by atoms with Crippen molar-refractivity contribution in [2.75, 3.05) is 26.2 Å². The van der Waals surface area contributed by atoms with Gasteiger partial charge in [-0.2, -0.15) is 0 Å². The predicted octanol–water partition coefficient (Wildman–Crippen LogP) is 4.99. The van der Waals surface area contributed by atoms with Gasteiger partial charge in [0, 0.05) is 50.8 Å². The van der Waals surface area contributed by atoms with Gasteiger partial charge in [0.2, 0.25) is 0 Å². The summed E-state index contributed by atoms with van der Waals surface area (Å²) in [5.74, 6) is 1.37. The number of rotatable bonds is 7. The van der Waals surface area contributed by atoms with Gasteiger partial charge in [-0.3, -0.25) is 9.89 Å². The molecular formula is C27H39IN4O. The Morgan fingerprint density at radius 2 is 1.79 bits per heavy atom. The summed E-state index contributed by atoms with van der Waals surface area (Å²) in [6, 6.07) is 22.4. The monoisotopic (exact) mass is 562 g/mol. The lowest BCUT2D eigenvalue weighted by Gasteiger charge is -2.38. The van der Waals surface area contributed by atoms with Crippen molar-refractivity contribution >= 4 is 29.9 Å². The van der Waals surface area contributed by atoms with Crippen LogP contribution in [0.2, 0.25) is 0 Å². The second kappa shape index (κ2) is 13.3. The summed E-state index contributed by atoms with van der Waals surface area (Å²) in [6.45, 7) is 9.11. The zero-order valence-electron chi connectivity index (χ0n) is 20.0. The van der Waals surface area contributed by atoms with Crippen LogP contribution in [0.4, 0.5) is 0 Å². The third-order valence-electron chi connectivity index (χ3n) is 6.75. The first-order valence-corrected chi connectivity index (χ1v) is 12.2. The summed E-state index contributed by atoms with van der Waals surface area (Å²) >= 11 is 0. The molecule has 2 aliphatic heterocycles. The summed E-state index contributed by atoms with van der Waals surface area (Å²) < 4.78 is 6.05. The molecule has 2 N–H and O–H groups in total. The minimum Gasteiger partial charge on any atom is -0.373 e. The van der Waals surface area contributed by atoms with Crippen LogP contribution < -0.4 is 10.6 Å². The Morgan fingerprint density at radius 1 is 1.06 bits per heavy atom. The average molecular weight is 563 g/mol. The van der Waals surface area contributed by atoms with Crippen molar-refractivity contribution in [1.82, 2.24) is 15.5 Å². The largest absolute Gasteiger partial charge is 0.373 e. The molecule has 2 aromatic rings. The van der Waals surface area contributed by atoms with E-state index in [1.54, 1.807) is 0 Å². The maximum atomic E-state index is 6.05. The number of piperidine rings is 1. The van der Waals surface area contributed by atoms with E-state index in [0.29, 0.717) is 18.0 Å². The molecule has 2 heterocycles. The van der Waals surface area contributed by atoms with Crippen molar-refractivity contribution in [3.05, 3.63) is 71.8 Å². The lowest BCUT2D eigenvalue weighted by molar-refractivity contribution is 0.0925. The lowest BCUT2D eigenvalue weighted by atomic mass is 9.95. The molecule has 180 valence electrons. The van der Waals surface area contributed by atoms with Crippen molar-refractivity contribution in [2.24, 2.45) is 10.9 Å². The van der Waals surface area contributed by atoms with Gasteiger partial charge in [-0.15, -0.1) is 24.0 Å². The van der Waals surface area contributed by atoms with Crippen LogP contribution in [-0.2, 0) is 11.3 Å². The van der Waals surface area contributed by atoms with Crippen LogP contribution in [0.15, 0.2) is 65.7 Å². The highest BCUT2D eigenvalue weighted by Crippen LogP contribution is 2.34. The second-order valence-electron chi connectivity index (χ2n) is 9.14. The molecule has 0 spiro atoms. The van der Waals surface area contributed by atoms with Crippen LogP contribution >= 0.6 is 24.0 Å². The number of ether oxygens (including phenoxy) is 1. The normalized spacial score (nSPS) is 25.9. The Balaban J connectivity index is 0.00000306. The molecular weight excluding hydrogens is 523 g/mol. The number of nitrogens with zero attached hydrogens (tertiary/aromatic N) is 2. The van der Waals surface area contributed by atoms with Gasteiger partial charge < -0.3 is 15.4 Å².